The first kappa shape index (κ1) is 18.2. The minimum atomic E-state index is -0.214. The number of nitrogens with one attached hydrogen (secondary N) is 2. The summed E-state index contributed by atoms with van der Waals surface area (Å²) in [4.78, 5) is 24.3. The summed E-state index contributed by atoms with van der Waals surface area (Å²) in [6, 6.07) is 14.1. The molecule has 4 nitrogen and oxygen atoms in total. The highest BCUT2D eigenvalue weighted by Crippen LogP contribution is 2.21. The molecule has 0 unspecified atom stereocenters. The molecule has 2 rings (SSSR count). The maximum absolute atomic E-state index is 12.3. The number of halogens is 1. The lowest BCUT2D eigenvalue weighted by Gasteiger charge is -2.09. The fourth-order valence-corrected chi connectivity index (χ4v) is 2.49. The van der Waals surface area contributed by atoms with Crippen LogP contribution >= 0.6 is 15.9 Å². The van der Waals surface area contributed by atoms with Crippen molar-refractivity contribution in [3.05, 3.63) is 64.1 Å². The van der Waals surface area contributed by atoms with Gasteiger partial charge in [0.15, 0.2) is 0 Å². The van der Waals surface area contributed by atoms with Crippen LogP contribution < -0.4 is 10.6 Å². The van der Waals surface area contributed by atoms with Gasteiger partial charge in [0.25, 0.3) is 11.8 Å². The molecule has 0 heterocycles. The number of benzene rings is 2. The first-order valence-electron chi connectivity index (χ1n) is 7.91. The van der Waals surface area contributed by atoms with Crippen molar-refractivity contribution in [3.63, 3.8) is 0 Å². The molecule has 0 aromatic heterocycles. The van der Waals surface area contributed by atoms with Crippen molar-refractivity contribution < 1.29 is 9.59 Å². The smallest absolute Gasteiger partial charge is 0.255 e. The summed E-state index contributed by atoms with van der Waals surface area (Å²) in [5, 5.41) is 5.72. The van der Waals surface area contributed by atoms with Gasteiger partial charge in [0.1, 0.15) is 0 Å². The Hall–Kier alpha value is -2.14. The molecule has 0 spiro atoms. The van der Waals surface area contributed by atoms with Crippen LogP contribution in [0.1, 0.15) is 41.0 Å². The van der Waals surface area contributed by atoms with E-state index in [1.54, 1.807) is 24.3 Å². The normalized spacial score (nSPS) is 10.5. The quantitative estimate of drug-likeness (QED) is 0.766. The zero-order valence-corrected chi connectivity index (χ0v) is 15.4. The first-order chi connectivity index (χ1) is 11.5. The third kappa shape index (κ3) is 5.20. The number of anilines is 1. The van der Waals surface area contributed by atoms with Gasteiger partial charge in [-0.2, -0.15) is 0 Å². The fourth-order valence-electron chi connectivity index (χ4n) is 2.11. The van der Waals surface area contributed by atoms with E-state index in [1.807, 2.05) is 24.3 Å². The van der Waals surface area contributed by atoms with Gasteiger partial charge in [-0.05, 0) is 64.7 Å². The minimum absolute atomic E-state index is 0.117. The van der Waals surface area contributed by atoms with E-state index in [4.69, 9.17) is 0 Å². The summed E-state index contributed by atoms with van der Waals surface area (Å²) < 4.78 is 0.819. The van der Waals surface area contributed by atoms with E-state index in [0.717, 1.165) is 10.9 Å². The monoisotopic (exact) mass is 388 g/mol. The molecule has 5 heteroatoms. The molecule has 0 aliphatic heterocycles. The zero-order valence-electron chi connectivity index (χ0n) is 13.8. The van der Waals surface area contributed by atoms with E-state index < -0.39 is 0 Å². The van der Waals surface area contributed by atoms with Crippen LogP contribution in [0.5, 0.6) is 0 Å². The third-order valence-electron chi connectivity index (χ3n) is 3.54. The Labute approximate surface area is 150 Å². The van der Waals surface area contributed by atoms with Gasteiger partial charge in [0.2, 0.25) is 0 Å². The summed E-state index contributed by atoms with van der Waals surface area (Å²) in [6.07, 6.45) is 0.943. The van der Waals surface area contributed by atoms with Crippen LogP contribution in [0.3, 0.4) is 0 Å². The second-order valence-electron chi connectivity index (χ2n) is 5.95. The maximum atomic E-state index is 12.3. The van der Waals surface area contributed by atoms with Crippen LogP contribution in [-0.2, 0) is 0 Å². The largest absolute Gasteiger partial charge is 0.352 e. The number of carbonyl (C=O) groups is 2. The molecule has 0 aliphatic rings. The molecular formula is C19H21BrN2O2. The maximum Gasteiger partial charge on any atom is 0.255 e. The average molecular weight is 389 g/mol. The van der Waals surface area contributed by atoms with E-state index in [9.17, 15) is 9.59 Å². The summed E-state index contributed by atoms with van der Waals surface area (Å²) in [7, 11) is 0. The van der Waals surface area contributed by atoms with Crippen LogP contribution in [0, 0.1) is 5.92 Å². The van der Waals surface area contributed by atoms with Crippen molar-refractivity contribution in [1.29, 1.82) is 0 Å². The van der Waals surface area contributed by atoms with Crippen molar-refractivity contribution in [2.45, 2.75) is 20.3 Å². The number of amides is 2. The molecular weight excluding hydrogens is 368 g/mol. The van der Waals surface area contributed by atoms with E-state index in [-0.39, 0.29) is 11.8 Å². The van der Waals surface area contributed by atoms with Crippen molar-refractivity contribution in [3.8, 4) is 0 Å². The molecule has 0 saturated carbocycles. The molecule has 0 radical (unpaired) electrons. The van der Waals surface area contributed by atoms with Crippen molar-refractivity contribution >= 4 is 33.4 Å². The second kappa shape index (κ2) is 8.64. The lowest BCUT2D eigenvalue weighted by atomic mass is 10.1. The third-order valence-corrected chi connectivity index (χ3v) is 4.23. The second-order valence-corrected chi connectivity index (χ2v) is 6.80. The Kier molecular flexibility index (Phi) is 6.55. The van der Waals surface area contributed by atoms with Gasteiger partial charge in [-0.25, -0.2) is 0 Å². The molecule has 2 aromatic carbocycles. The lowest BCUT2D eigenvalue weighted by Crippen LogP contribution is -2.25. The Morgan fingerprint density at radius 1 is 0.958 bits per heavy atom. The van der Waals surface area contributed by atoms with Gasteiger partial charge in [0.05, 0.1) is 5.69 Å². The Morgan fingerprint density at radius 2 is 1.54 bits per heavy atom. The number of hydrogen-bond donors (Lipinski definition) is 2. The molecule has 2 aromatic rings. The number of hydrogen-bond acceptors (Lipinski definition) is 2. The molecule has 0 saturated heterocycles. The van der Waals surface area contributed by atoms with Crippen LogP contribution in [0.25, 0.3) is 0 Å². The van der Waals surface area contributed by atoms with Crippen LogP contribution in [0.4, 0.5) is 5.69 Å². The fraction of sp³-hybridized carbons (Fsp3) is 0.263. The van der Waals surface area contributed by atoms with Gasteiger partial charge in [0, 0.05) is 22.1 Å². The highest BCUT2D eigenvalue weighted by atomic mass is 79.9. The predicted molar refractivity (Wildman–Crippen MR) is 100 cm³/mol. The van der Waals surface area contributed by atoms with E-state index in [2.05, 4.69) is 40.4 Å². The average Bonchev–Trinajstić information content (AvgIpc) is 2.56. The number of rotatable bonds is 6. The molecule has 2 N–H and O–H groups in total. The van der Waals surface area contributed by atoms with Crippen LogP contribution in [-0.4, -0.2) is 18.4 Å². The predicted octanol–water partition coefficient (Wildman–Crippen LogP) is 4.48. The molecule has 0 bridgehead atoms. The van der Waals surface area contributed by atoms with E-state index in [0.29, 0.717) is 29.3 Å². The van der Waals surface area contributed by atoms with Gasteiger partial charge in [-0.1, -0.05) is 26.0 Å². The van der Waals surface area contributed by atoms with Crippen molar-refractivity contribution in [2.24, 2.45) is 5.92 Å². The minimum Gasteiger partial charge on any atom is -0.352 e. The molecule has 0 aliphatic carbocycles. The van der Waals surface area contributed by atoms with E-state index in [1.165, 1.54) is 0 Å². The summed E-state index contributed by atoms with van der Waals surface area (Å²) in [6.45, 7) is 4.88. The number of para-hydroxylation sites is 1. The van der Waals surface area contributed by atoms with Gasteiger partial charge in [-0.3, -0.25) is 9.59 Å². The van der Waals surface area contributed by atoms with E-state index >= 15 is 0 Å². The van der Waals surface area contributed by atoms with Crippen LogP contribution in [0.2, 0.25) is 0 Å². The summed E-state index contributed by atoms with van der Waals surface area (Å²) in [5.74, 6) is 0.218. The first-order valence-corrected chi connectivity index (χ1v) is 8.71. The Balaban J connectivity index is 1.97. The van der Waals surface area contributed by atoms with Gasteiger partial charge in [-0.15, -0.1) is 0 Å². The highest BCUT2D eigenvalue weighted by molar-refractivity contribution is 9.10. The molecule has 126 valence electrons. The van der Waals surface area contributed by atoms with Crippen LogP contribution in [0.15, 0.2) is 53.0 Å². The molecule has 2 amide bonds. The topological polar surface area (TPSA) is 58.2 Å². The Bertz CT molecular complexity index is 712. The van der Waals surface area contributed by atoms with Crippen molar-refractivity contribution in [2.75, 3.05) is 11.9 Å². The molecule has 0 fully saturated rings. The van der Waals surface area contributed by atoms with Gasteiger partial charge >= 0.3 is 0 Å². The lowest BCUT2D eigenvalue weighted by molar-refractivity contribution is 0.0950. The standard InChI is InChI=1S/C19H21BrN2O2/c1-13(2)11-12-21-18(23)14-7-9-15(10-8-14)19(24)22-17-6-4-3-5-16(17)20/h3-10,13H,11-12H2,1-2H3,(H,21,23)(H,22,24). The van der Waals surface area contributed by atoms with Gasteiger partial charge < -0.3 is 10.6 Å². The summed E-state index contributed by atoms with van der Waals surface area (Å²) >= 11 is 3.39. The molecule has 24 heavy (non-hydrogen) atoms. The Morgan fingerprint density at radius 3 is 2.12 bits per heavy atom. The highest BCUT2D eigenvalue weighted by Gasteiger charge is 2.10. The summed E-state index contributed by atoms with van der Waals surface area (Å²) in [5.41, 5.74) is 1.76. The number of carbonyl (C=O) groups excluding carboxylic acids is 2. The van der Waals surface area contributed by atoms with Crippen molar-refractivity contribution in [1.82, 2.24) is 5.32 Å². The molecule has 0 atom stereocenters. The zero-order chi connectivity index (χ0) is 17.5. The SMILES string of the molecule is CC(C)CCNC(=O)c1ccc(C(=O)Nc2ccccc2Br)cc1.